The van der Waals surface area contributed by atoms with Gasteiger partial charge in [0.25, 0.3) is 0 Å². The van der Waals surface area contributed by atoms with E-state index in [9.17, 15) is 25.2 Å². The Hall–Kier alpha value is -1.07. The highest BCUT2D eigenvalue weighted by Gasteiger charge is 2.44. The van der Waals surface area contributed by atoms with E-state index in [1.54, 1.807) is 0 Å². The maximum absolute atomic E-state index is 12.9. The van der Waals surface area contributed by atoms with Gasteiger partial charge in [0.2, 0.25) is 0 Å². The van der Waals surface area contributed by atoms with Crippen LogP contribution in [0.3, 0.4) is 0 Å². The van der Waals surface area contributed by atoms with Gasteiger partial charge in [-0.2, -0.15) is 0 Å². The fourth-order valence-corrected chi connectivity index (χ4v) is 9.20. The molecule has 0 aromatic carbocycles. The maximum atomic E-state index is 12.9. The SMILES string of the molecule is CCCCCCCC/C=C\CCCCCCCCCC(=O)OC(COCCCCCCCCCCCCCCCCCCCCCCCCCCCC)COC1OC(CO)C(O)C(O)C1O. The third kappa shape index (κ3) is 38.7. The van der Waals surface area contributed by atoms with Gasteiger partial charge in [-0.05, 0) is 38.5 Å². The molecule has 6 unspecified atom stereocenters. The Kier molecular flexibility index (Phi) is 46.7. The summed E-state index contributed by atoms with van der Waals surface area (Å²) in [5.41, 5.74) is 0. The Morgan fingerprint density at radius 1 is 0.470 bits per heavy atom. The molecule has 0 aromatic rings. The Bertz CT molecular complexity index is 1020. The average Bonchev–Trinajstić information content (AvgIpc) is 3.32. The third-order valence-electron chi connectivity index (χ3n) is 13.7. The highest BCUT2D eigenvalue weighted by molar-refractivity contribution is 5.69. The quantitative estimate of drug-likeness (QED) is 0.0267. The van der Waals surface area contributed by atoms with E-state index in [2.05, 4.69) is 26.0 Å². The first kappa shape index (κ1) is 62.9. The summed E-state index contributed by atoms with van der Waals surface area (Å²) in [6.07, 6.45) is 51.2. The molecule has 0 spiro atoms. The molecule has 392 valence electrons. The Balaban J connectivity index is 2.12. The van der Waals surface area contributed by atoms with E-state index in [1.807, 2.05) is 0 Å². The van der Waals surface area contributed by atoms with E-state index in [0.717, 1.165) is 32.1 Å². The van der Waals surface area contributed by atoms with E-state index >= 15 is 0 Å². The second-order valence-electron chi connectivity index (χ2n) is 20.1. The summed E-state index contributed by atoms with van der Waals surface area (Å²) >= 11 is 0. The summed E-state index contributed by atoms with van der Waals surface area (Å²) in [4.78, 5) is 12.9. The molecule has 9 nitrogen and oxygen atoms in total. The normalized spacial score (nSPS) is 19.3. The predicted molar refractivity (Wildman–Crippen MR) is 275 cm³/mol. The molecule has 66 heavy (non-hydrogen) atoms. The van der Waals surface area contributed by atoms with Gasteiger partial charge in [0.15, 0.2) is 6.29 Å². The zero-order valence-electron chi connectivity index (χ0n) is 43.5. The van der Waals surface area contributed by atoms with Crippen molar-refractivity contribution < 1.29 is 44.2 Å². The van der Waals surface area contributed by atoms with E-state index < -0.39 is 43.4 Å². The summed E-state index contributed by atoms with van der Waals surface area (Å²) in [5.74, 6) is -0.311. The van der Waals surface area contributed by atoms with E-state index in [0.29, 0.717) is 13.0 Å². The lowest BCUT2D eigenvalue weighted by Gasteiger charge is -2.39. The van der Waals surface area contributed by atoms with Gasteiger partial charge >= 0.3 is 5.97 Å². The van der Waals surface area contributed by atoms with Crippen molar-refractivity contribution in [3.05, 3.63) is 12.2 Å². The number of hydrogen-bond donors (Lipinski definition) is 4. The van der Waals surface area contributed by atoms with Crippen LogP contribution in [-0.4, -0.2) is 89.6 Å². The van der Waals surface area contributed by atoms with Crippen molar-refractivity contribution in [2.75, 3.05) is 26.4 Å². The molecule has 4 N–H and O–H groups in total. The van der Waals surface area contributed by atoms with Crippen LogP contribution in [-0.2, 0) is 23.7 Å². The van der Waals surface area contributed by atoms with Crippen LogP contribution in [0.25, 0.3) is 0 Å². The summed E-state index contributed by atoms with van der Waals surface area (Å²) in [6.45, 7) is 4.62. The van der Waals surface area contributed by atoms with Crippen LogP contribution in [0.2, 0.25) is 0 Å². The van der Waals surface area contributed by atoms with Crippen LogP contribution < -0.4 is 0 Å². The van der Waals surface area contributed by atoms with Gasteiger partial charge < -0.3 is 39.4 Å². The number of esters is 1. The second kappa shape index (κ2) is 48.9. The van der Waals surface area contributed by atoms with Gasteiger partial charge in [-0.3, -0.25) is 4.79 Å². The summed E-state index contributed by atoms with van der Waals surface area (Å²) in [6, 6.07) is 0. The van der Waals surface area contributed by atoms with E-state index in [1.165, 1.54) is 231 Å². The minimum absolute atomic E-state index is 0.109. The van der Waals surface area contributed by atoms with E-state index in [-0.39, 0.29) is 19.2 Å². The summed E-state index contributed by atoms with van der Waals surface area (Å²) < 4.78 is 23.0. The van der Waals surface area contributed by atoms with Gasteiger partial charge in [0, 0.05) is 13.0 Å². The van der Waals surface area contributed by atoms with Crippen LogP contribution in [0, 0.1) is 0 Å². The molecule has 1 saturated heterocycles. The molecule has 0 amide bonds. The fraction of sp³-hybridized carbons (Fsp3) is 0.947. The molecular formula is C57H110O9. The van der Waals surface area contributed by atoms with Crippen molar-refractivity contribution in [1.82, 2.24) is 0 Å². The van der Waals surface area contributed by atoms with Crippen molar-refractivity contribution in [1.29, 1.82) is 0 Å². The lowest BCUT2D eigenvalue weighted by Crippen LogP contribution is -2.59. The lowest BCUT2D eigenvalue weighted by atomic mass is 9.99. The van der Waals surface area contributed by atoms with Gasteiger partial charge in [0.1, 0.15) is 30.5 Å². The van der Waals surface area contributed by atoms with Crippen molar-refractivity contribution in [2.24, 2.45) is 0 Å². The van der Waals surface area contributed by atoms with Gasteiger partial charge in [0.05, 0.1) is 19.8 Å². The molecule has 1 fully saturated rings. The second-order valence-corrected chi connectivity index (χ2v) is 20.1. The summed E-state index contributed by atoms with van der Waals surface area (Å²) in [7, 11) is 0. The number of unbranched alkanes of at least 4 members (excludes halogenated alkanes) is 38. The van der Waals surface area contributed by atoms with Crippen LogP contribution >= 0.6 is 0 Å². The topological polar surface area (TPSA) is 135 Å². The van der Waals surface area contributed by atoms with Crippen LogP contribution in [0.4, 0.5) is 0 Å². The number of aliphatic hydroxyl groups excluding tert-OH is 4. The first-order chi connectivity index (χ1) is 32.4. The van der Waals surface area contributed by atoms with Crippen molar-refractivity contribution in [3.63, 3.8) is 0 Å². The first-order valence-corrected chi connectivity index (χ1v) is 28.8. The third-order valence-corrected chi connectivity index (χ3v) is 13.7. The molecule has 1 rings (SSSR count). The highest BCUT2D eigenvalue weighted by atomic mass is 16.7. The minimum atomic E-state index is -1.53. The molecule has 9 heteroatoms. The van der Waals surface area contributed by atoms with Gasteiger partial charge in [-0.15, -0.1) is 0 Å². The standard InChI is InChI=1S/C57H110O9/c1-3-5-7-9-11-13-15-17-19-21-22-23-24-25-26-27-28-29-31-33-35-37-39-41-43-45-47-63-49-51(50-64-57-56(62)55(61)54(60)52(48-58)66-57)65-53(59)46-44-42-40-38-36-34-32-30-20-18-16-14-12-10-8-6-4-2/h18,20,51-52,54-58,60-62H,3-17,19,21-50H2,1-2H3/b20-18-. The Morgan fingerprint density at radius 2 is 0.833 bits per heavy atom. The molecule has 0 aliphatic carbocycles. The van der Waals surface area contributed by atoms with Crippen molar-refractivity contribution in [3.8, 4) is 0 Å². The number of carbonyl (C=O) groups excluding carboxylic acids is 1. The Morgan fingerprint density at radius 3 is 1.23 bits per heavy atom. The molecule has 1 heterocycles. The average molecular weight is 939 g/mol. The van der Waals surface area contributed by atoms with Crippen LogP contribution in [0.15, 0.2) is 12.2 Å². The molecule has 6 atom stereocenters. The molecule has 1 aliphatic heterocycles. The van der Waals surface area contributed by atoms with Gasteiger partial charge in [-0.1, -0.05) is 251 Å². The van der Waals surface area contributed by atoms with Gasteiger partial charge in [-0.25, -0.2) is 0 Å². The number of allylic oxidation sites excluding steroid dienone is 2. The molecule has 0 radical (unpaired) electrons. The molecular weight excluding hydrogens is 829 g/mol. The predicted octanol–water partition coefficient (Wildman–Crippen LogP) is 14.7. The van der Waals surface area contributed by atoms with Crippen LogP contribution in [0.1, 0.15) is 284 Å². The molecule has 0 saturated carbocycles. The molecule has 0 bridgehead atoms. The zero-order valence-corrected chi connectivity index (χ0v) is 43.5. The molecule has 0 aromatic heterocycles. The first-order valence-electron chi connectivity index (χ1n) is 28.8. The molecule has 1 aliphatic rings. The fourth-order valence-electron chi connectivity index (χ4n) is 9.20. The highest BCUT2D eigenvalue weighted by Crippen LogP contribution is 2.23. The Labute approximate surface area is 407 Å². The number of rotatable bonds is 51. The number of aliphatic hydroxyl groups is 4. The lowest BCUT2D eigenvalue weighted by molar-refractivity contribution is -0.305. The van der Waals surface area contributed by atoms with Crippen molar-refractivity contribution in [2.45, 2.75) is 320 Å². The number of ether oxygens (including phenoxy) is 4. The number of carbonyl (C=O) groups is 1. The van der Waals surface area contributed by atoms with Crippen LogP contribution in [0.5, 0.6) is 0 Å². The number of hydrogen-bond acceptors (Lipinski definition) is 9. The van der Waals surface area contributed by atoms with Crippen molar-refractivity contribution >= 4 is 5.97 Å². The maximum Gasteiger partial charge on any atom is 0.306 e. The minimum Gasteiger partial charge on any atom is -0.457 e. The monoisotopic (exact) mass is 939 g/mol. The summed E-state index contributed by atoms with van der Waals surface area (Å²) in [5, 5.41) is 40.3. The largest absolute Gasteiger partial charge is 0.457 e. The van der Waals surface area contributed by atoms with E-state index in [4.69, 9.17) is 18.9 Å². The smallest absolute Gasteiger partial charge is 0.306 e. The zero-order chi connectivity index (χ0) is 47.8.